The first-order chi connectivity index (χ1) is 13.2. The molecule has 136 valence electrons. The van der Waals surface area contributed by atoms with Gasteiger partial charge in [-0.3, -0.25) is 14.8 Å². The molecule has 3 aromatic heterocycles. The SMILES string of the molecule is Cc1ncc(-c2ccncc2)c(C2CCCN(C(=O)c3ccccn3)C2)n1. The maximum Gasteiger partial charge on any atom is 0.272 e. The molecule has 0 radical (unpaired) electrons. The molecular weight excluding hydrogens is 338 g/mol. The molecule has 1 atom stereocenters. The number of carbonyl (C=O) groups is 1. The van der Waals surface area contributed by atoms with Crippen LogP contribution in [0.15, 0.2) is 55.1 Å². The Labute approximate surface area is 158 Å². The Bertz CT molecular complexity index is 930. The van der Waals surface area contributed by atoms with Crippen molar-refractivity contribution in [3.8, 4) is 11.1 Å². The van der Waals surface area contributed by atoms with E-state index >= 15 is 0 Å². The molecule has 1 amide bonds. The second-order valence-corrected chi connectivity index (χ2v) is 6.76. The molecule has 1 fully saturated rings. The van der Waals surface area contributed by atoms with Crippen LogP contribution in [0.1, 0.15) is 40.8 Å². The highest BCUT2D eigenvalue weighted by atomic mass is 16.2. The zero-order chi connectivity index (χ0) is 18.6. The molecule has 1 saturated heterocycles. The van der Waals surface area contributed by atoms with E-state index < -0.39 is 0 Å². The number of piperidine rings is 1. The molecule has 0 spiro atoms. The van der Waals surface area contributed by atoms with Gasteiger partial charge < -0.3 is 4.90 Å². The summed E-state index contributed by atoms with van der Waals surface area (Å²) in [6.07, 6.45) is 9.03. The van der Waals surface area contributed by atoms with E-state index in [0.29, 0.717) is 12.2 Å². The van der Waals surface area contributed by atoms with Crippen molar-refractivity contribution in [1.82, 2.24) is 24.8 Å². The second-order valence-electron chi connectivity index (χ2n) is 6.76. The van der Waals surface area contributed by atoms with E-state index in [1.165, 1.54) is 0 Å². The minimum Gasteiger partial charge on any atom is -0.337 e. The van der Waals surface area contributed by atoms with Gasteiger partial charge >= 0.3 is 0 Å². The number of carbonyl (C=O) groups excluding carboxylic acids is 1. The van der Waals surface area contributed by atoms with Crippen LogP contribution in [0.3, 0.4) is 0 Å². The van der Waals surface area contributed by atoms with Crippen LogP contribution in [0.25, 0.3) is 11.1 Å². The Morgan fingerprint density at radius 3 is 2.74 bits per heavy atom. The highest BCUT2D eigenvalue weighted by molar-refractivity contribution is 5.92. The monoisotopic (exact) mass is 359 g/mol. The molecular formula is C21H21N5O. The van der Waals surface area contributed by atoms with Crippen LogP contribution in [-0.2, 0) is 0 Å². The minimum atomic E-state index is -0.0171. The van der Waals surface area contributed by atoms with Crippen molar-refractivity contribution in [2.75, 3.05) is 13.1 Å². The fourth-order valence-electron chi connectivity index (χ4n) is 3.59. The lowest BCUT2D eigenvalue weighted by atomic mass is 9.90. The quantitative estimate of drug-likeness (QED) is 0.718. The van der Waals surface area contributed by atoms with Crippen molar-refractivity contribution in [2.24, 2.45) is 0 Å². The summed E-state index contributed by atoms with van der Waals surface area (Å²) in [6.45, 7) is 3.30. The summed E-state index contributed by atoms with van der Waals surface area (Å²) in [4.78, 5) is 32.2. The standard InChI is InChI=1S/C21H21N5O/c1-15-24-13-18(16-7-10-22-11-8-16)20(25-15)17-5-4-12-26(14-17)21(27)19-6-2-3-9-23-19/h2-3,6-11,13,17H,4-5,12,14H2,1H3. The number of aryl methyl sites for hydroxylation is 1. The Morgan fingerprint density at radius 1 is 1.11 bits per heavy atom. The smallest absolute Gasteiger partial charge is 0.272 e. The van der Waals surface area contributed by atoms with Gasteiger partial charge in [0.05, 0.1) is 5.69 Å². The molecule has 0 saturated carbocycles. The second kappa shape index (κ2) is 7.61. The topological polar surface area (TPSA) is 71.9 Å². The molecule has 6 heteroatoms. The molecule has 27 heavy (non-hydrogen) atoms. The van der Waals surface area contributed by atoms with E-state index in [1.807, 2.05) is 42.3 Å². The number of likely N-dealkylation sites (tertiary alicyclic amines) is 1. The number of pyridine rings is 2. The fraction of sp³-hybridized carbons (Fsp3) is 0.286. The molecule has 3 aromatic rings. The minimum absolute atomic E-state index is 0.0171. The summed E-state index contributed by atoms with van der Waals surface area (Å²) in [7, 11) is 0. The summed E-state index contributed by atoms with van der Waals surface area (Å²) >= 11 is 0. The average Bonchev–Trinajstić information content (AvgIpc) is 2.74. The normalized spacial score (nSPS) is 16.9. The van der Waals surface area contributed by atoms with Crippen molar-refractivity contribution in [3.05, 3.63) is 72.3 Å². The average molecular weight is 359 g/mol. The van der Waals surface area contributed by atoms with Gasteiger partial charge in [0.25, 0.3) is 5.91 Å². The van der Waals surface area contributed by atoms with Crippen molar-refractivity contribution in [1.29, 1.82) is 0 Å². The van der Waals surface area contributed by atoms with Gasteiger partial charge in [-0.1, -0.05) is 6.07 Å². The van der Waals surface area contributed by atoms with Gasteiger partial charge in [-0.2, -0.15) is 0 Å². The number of hydrogen-bond donors (Lipinski definition) is 0. The summed E-state index contributed by atoms with van der Waals surface area (Å²) < 4.78 is 0. The number of hydrogen-bond acceptors (Lipinski definition) is 5. The Balaban J connectivity index is 1.64. The fourth-order valence-corrected chi connectivity index (χ4v) is 3.59. The maximum atomic E-state index is 12.8. The van der Waals surface area contributed by atoms with Crippen LogP contribution in [0, 0.1) is 6.92 Å². The molecule has 1 unspecified atom stereocenters. The molecule has 0 bridgehead atoms. The van der Waals surface area contributed by atoms with E-state index in [9.17, 15) is 4.79 Å². The Kier molecular flexibility index (Phi) is 4.87. The first kappa shape index (κ1) is 17.3. The summed E-state index contributed by atoms with van der Waals surface area (Å²) in [5.41, 5.74) is 3.56. The van der Waals surface area contributed by atoms with E-state index in [0.717, 1.165) is 42.0 Å². The van der Waals surface area contributed by atoms with Crippen LogP contribution in [0.5, 0.6) is 0 Å². The molecule has 0 aliphatic carbocycles. The first-order valence-corrected chi connectivity index (χ1v) is 9.16. The van der Waals surface area contributed by atoms with Crippen LogP contribution < -0.4 is 0 Å². The highest BCUT2D eigenvalue weighted by Gasteiger charge is 2.28. The Morgan fingerprint density at radius 2 is 1.96 bits per heavy atom. The van der Waals surface area contributed by atoms with Crippen molar-refractivity contribution in [3.63, 3.8) is 0 Å². The van der Waals surface area contributed by atoms with Crippen molar-refractivity contribution in [2.45, 2.75) is 25.7 Å². The maximum absolute atomic E-state index is 12.8. The molecule has 1 aliphatic heterocycles. The van der Waals surface area contributed by atoms with Crippen molar-refractivity contribution >= 4 is 5.91 Å². The number of amides is 1. The van der Waals surface area contributed by atoms with Gasteiger partial charge in [-0.05, 0) is 49.6 Å². The molecule has 4 heterocycles. The van der Waals surface area contributed by atoms with E-state index in [2.05, 4.69) is 15.0 Å². The highest BCUT2D eigenvalue weighted by Crippen LogP contribution is 2.33. The lowest BCUT2D eigenvalue weighted by Gasteiger charge is -2.33. The van der Waals surface area contributed by atoms with Crippen LogP contribution in [0.4, 0.5) is 0 Å². The third-order valence-corrected chi connectivity index (χ3v) is 4.91. The lowest BCUT2D eigenvalue weighted by Crippen LogP contribution is -2.39. The van der Waals surface area contributed by atoms with Crippen molar-refractivity contribution < 1.29 is 4.79 Å². The number of nitrogens with zero attached hydrogens (tertiary/aromatic N) is 5. The Hall–Kier alpha value is -3.15. The zero-order valence-electron chi connectivity index (χ0n) is 15.2. The third kappa shape index (κ3) is 3.69. The molecule has 6 nitrogen and oxygen atoms in total. The van der Waals surface area contributed by atoms with E-state index in [1.54, 1.807) is 24.7 Å². The molecule has 4 rings (SSSR count). The predicted octanol–water partition coefficient (Wildman–Crippen LogP) is 3.26. The molecule has 1 aliphatic rings. The third-order valence-electron chi connectivity index (χ3n) is 4.91. The molecule has 0 aromatic carbocycles. The van der Waals surface area contributed by atoms with Gasteiger partial charge in [0.2, 0.25) is 0 Å². The van der Waals surface area contributed by atoms with Gasteiger partial charge in [0.15, 0.2) is 0 Å². The van der Waals surface area contributed by atoms with Crippen LogP contribution in [-0.4, -0.2) is 43.8 Å². The van der Waals surface area contributed by atoms with E-state index in [4.69, 9.17) is 4.98 Å². The van der Waals surface area contributed by atoms with Gasteiger partial charge in [0.1, 0.15) is 11.5 Å². The summed E-state index contributed by atoms with van der Waals surface area (Å²) in [5, 5.41) is 0. The summed E-state index contributed by atoms with van der Waals surface area (Å²) in [6, 6.07) is 9.37. The van der Waals surface area contributed by atoms with Gasteiger partial charge in [-0.15, -0.1) is 0 Å². The predicted molar refractivity (Wildman–Crippen MR) is 102 cm³/mol. The zero-order valence-corrected chi connectivity index (χ0v) is 15.2. The summed E-state index contributed by atoms with van der Waals surface area (Å²) in [5.74, 6) is 0.906. The van der Waals surface area contributed by atoms with E-state index in [-0.39, 0.29) is 11.8 Å². The van der Waals surface area contributed by atoms with Gasteiger partial charge in [0, 0.05) is 49.4 Å². The van der Waals surface area contributed by atoms with Crippen LogP contribution in [0.2, 0.25) is 0 Å². The number of rotatable bonds is 3. The first-order valence-electron chi connectivity index (χ1n) is 9.16. The molecule has 0 N–H and O–H groups in total. The van der Waals surface area contributed by atoms with Gasteiger partial charge in [-0.25, -0.2) is 9.97 Å². The van der Waals surface area contributed by atoms with Crippen LogP contribution >= 0.6 is 0 Å². The number of aromatic nitrogens is 4. The largest absolute Gasteiger partial charge is 0.337 e. The lowest BCUT2D eigenvalue weighted by molar-refractivity contribution is 0.0700.